The van der Waals surface area contributed by atoms with Gasteiger partial charge in [0.1, 0.15) is 0 Å². The maximum absolute atomic E-state index is 3.49. The molecule has 0 spiro atoms. The van der Waals surface area contributed by atoms with Gasteiger partial charge in [0.2, 0.25) is 0 Å². The Morgan fingerprint density at radius 1 is 1.45 bits per heavy atom. The monoisotopic (exact) mass is 344 g/mol. The largest absolute Gasteiger partial charge is 0.132 e. The third kappa shape index (κ3) is 2.42. The van der Waals surface area contributed by atoms with E-state index in [0.29, 0.717) is 0 Å². The van der Waals surface area contributed by atoms with Crippen molar-refractivity contribution in [3.05, 3.63) is 18.3 Å². The molecule has 0 amide bonds. The Morgan fingerprint density at radius 2 is 2.00 bits per heavy atom. The first-order valence-electron chi connectivity index (χ1n) is 3.36. The molecule has 0 saturated carbocycles. The maximum Gasteiger partial charge on any atom is 0.0712 e. The maximum atomic E-state index is 3.49. The number of rotatable bonds is 0. The fourth-order valence-corrected chi connectivity index (χ4v) is 4.49. The van der Waals surface area contributed by atoms with Crippen LogP contribution in [0.5, 0.6) is 0 Å². The van der Waals surface area contributed by atoms with E-state index in [1.165, 1.54) is 12.2 Å². The minimum atomic E-state index is 0.285. The van der Waals surface area contributed by atoms with Crippen LogP contribution >= 0.6 is 49.9 Å². The second-order valence-corrected chi connectivity index (χ2v) is 7.07. The zero-order valence-electron chi connectivity index (χ0n) is 6.74. The molecule has 0 radical (unpaired) electrons. The van der Waals surface area contributed by atoms with Crippen molar-refractivity contribution in [1.82, 2.24) is 0 Å². The molecule has 0 N–H and O–H groups in total. The average molecular weight is 345 g/mol. The number of halogens is 2. The summed E-state index contributed by atoms with van der Waals surface area (Å²) in [6.07, 6.45) is 0. The van der Waals surface area contributed by atoms with Crippen LogP contribution in [0.25, 0.3) is 0 Å². The van der Waals surface area contributed by atoms with Gasteiger partial charge in [-0.05, 0) is 50.0 Å². The molecule has 0 nitrogen and oxygen atoms in total. The van der Waals surface area contributed by atoms with E-state index in [9.17, 15) is 0 Å². The molecule has 0 aliphatic rings. The van der Waals surface area contributed by atoms with Crippen molar-refractivity contribution in [2.45, 2.75) is 26.2 Å². The number of hydrogen-bond donors (Lipinski definition) is 0. The van der Waals surface area contributed by atoms with E-state index in [4.69, 9.17) is 0 Å². The molecule has 1 heterocycles. The van der Waals surface area contributed by atoms with Gasteiger partial charge in [-0.15, -0.1) is 11.3 Å². The summed E-state index contributed by atoms with van der Waals surface area (Å²) in [6.45, 7) is 6.73. The molecule has 3 heteroatoms. The van der Waals surface area contributed by atoms with Crippen LogP contribution in [-0.4, -0.2) is 0 Å². The molecule has 0 aliphatic carbocycles. The van der Waals surface area contributed by atoms with Crippen molar-refractivity contribution in [2.24, 2.45) is 0 Å². The van der Waals surface area contributed by atoms with Crippen molar-refractivity contribution in [2.75, 3.05) is 0 Å². The van der Waals surface area contributed by atoms with Crippen molar-refractivity contribution in [3.8, 4) is 0 Å². The summed E-state index contributed by atoms with van der Waals surface area (Å²) in [5.41, 5.74) is 0.285. The third-order valence-electron chi connectivity index (χ3n) is 1.34. The summed E-state index contributed by atoms with van der Waals surface area (Å²) in [5, 5.41) is 0. The standard InChI is InChI=1S/C8H10BrIS/c1-8(2,3)7-5(10)4-6(9)11-7/h4H,1-3H3. The molecule has 1 aromatic rings. The third-order valence-corrected chi connectivity index (χ3v) is 4.62. The minimum Gasteiger partial charge on any atom is -0.132 e. The Bertz CT molecular complexity index is 260. The highest BCUT2D eigenvalue weighted by Gasteiger charge is 2.19. The highest BCUT2D eigenvalue weighted by atomic mass is 127. The van der Waals surface area contributed by atoms with Gasteiger partial charge in [-0.2, -0.15) is 0 Å². The highest BCUT2D eigenvalue weighted by Crippen LogP contribution is 2.36. The van der Waals surface area contributed by atoms with Crippen LogP contribution in [0, 0.1) is 3.57 Å². The van der Waals surface area contributed by atoms with Crippen molar-refractivity contribution in [1.29, 1.82) is 0 Å². The normalized spacial score (nSPS) is 12.1. The second-order valence-electron chi connectivity index (χ2n) is 3.48. The van der Waals surface area contributed by atoms with E-state index in [2.05, 4.69) is 65.4 Å². The lowest BCUT2D eigenvalue weighted by Gasteiger charge is -2.16. The smallest absolute Gasteiger partial charge is 0.0712 e. The quantitative estimate of drug-likeness (QED) is 0.611. The van der Waals surface area contributed by atoms with Crippen LogP contribution in [0.2, 0.25) is 0 Å². The summed E-state index contributed by atoms with van der Waals surface area (Å²) < 4.78 is 2.60. The summed E-state index contributed by atoms with van der Waals surface area (Å²) in [6, 6.07) is 2.17. The molecule has 0 aliphatic heterocycles. The van der Waals surface area contributed by atoms with Gasteiger partial charge in [0.25, 0.3) is 0 Å². The summed E-state index contributed by atoms with van der Waals surface area (Å²) in [4.78, 5) is 1.46. The van der Waals surface area contributed by atoms with Gasteiger partial charge in [0.05, 0.1) is 3.79 Å². The zero-order chi connectivity index (χ0) is 8.65. The Morgan fingerprint density at radius 3 is 2.18 bits per heavy atom. The molecule has 0 fully saturated rings. The van der Waals surface area contributed by atoms with E-state index in [1.54, 1.807) is 0 Å². The number of thiophene rings is 1. The average Bonchev–Trinajstić information content (AvgIpc) is 2.08. The van der Waals surface area contributed by atoms with Crippen LogP contribution in [0.1, 0.15) is 25.6 Å². The molecule has 1 aromatic heterocycles. The molecule has 1 rings (SSSR count). The van der Waals surface area contributed by atoms with Gasteiger partial charge >= 0.3 is 0 Å². The fraction of sp³-hybridized carbons (Fsp3) is 0.500. The molecule has 0 aromatic carbocycles. The van der Waals surface area contributed by atoms with E-state index in [0.717, 1.165) is 0 Å². The first-order valence-corrected chi connectivity index (χ1v) is 6.05. The topological polar surface area (TPSA) is 0 Å². The first kappa shape index (κ1) is 9.99. The van der Waals surface area contributed by atoms with E-state index < -0.39 is 0 Å². The molecular formula is C8H10BrIS. The van der Waals surface area contributed by atoms with E-state index >= 15 is 0 Å². The minimum absolute atomic E-state index is 0.285. The zero-order valence-corrected chi connectivity index (χ0v) is 11.3. The Labute approximate surface area is 93.7 Å². The van der Waals surface area contributed by atoms with Crippen molar-refractivity contribution in [3.63, 3.8) is 0 Å². The molecule has 0 saturated heterocycles. The Balaban J connectivity index is 3.13. The highest BCUT2D eigenvalue weighted by molar-refractivity contribution is 14.1. The van der Waals surface area contributed by atoms with Gasteiger partial charge in [-0.3, -0.25) is 0 Å². The SMILES string of the molecule is CC(C)(C)c1sc(Br)cc1I. The summed E-state index contributed by atoms with van der Waals surface area (Å²) in [5.74, 6) is 0. The first-order chi connectivity index (χ1) is 4.91. The van der Waals surface area contributed by atoms with E-state index in [-0.39, 0.29) is 5.41 Å². The van der Waals surface area contributed by atoms with Crippen molar-refractivity contribution >= 4 is 49.9 Å². The molecule has 0 bridgehead atoms. The van der Waals surface area contributed by atoms with Crippen molar-refractivity contribution < 1.29 is 0 Å². The van der Waals surface area contributed by atoms with Crippen LogP contribution in [0.3, 0.4) is 0 Å². The van der Waals surface area contributed by atoms with Gasteiger partial charge in [0.15, 0.2) is 0 Å². The van der Waals surface area contributed by atoms with Crippen LogP contribution < -0.4 is 0 Å². The van der Waals surface area contributed by atoms with Crippen LogP contribution in [0.15, 0.2) is 9.85 Å². The van der Waals surface area contributed by atoms with Gasteiger partial charge in [-0.1, -0.05) is 20.8 Å². The predicted molar refractivity (Wildman–Crippen MR) is 63.4 cm³/mol. The van der Waals surface area contributed by atoms with Crippen LogP contribution in [0.4, 0.5) is 0 Å². The molecule has 0 atom stereocenters. The summed E-state index contributed by atoms with van der Waals surface area (Å²) >= 11 is 7.71. The van der Waals surface area contributed by atoms with Gasteiger partial charge in [0, 0.05) is 8.45 Å². The molecular weight excluding hydrogens is 335 g/mol. The van der Waals surface area contributed by atoms with Crippen LogP contribution in [-0.2, 0) is 5.41 Å². The van der Waals surface area contributed by atoms with Gasteiger partial charge in [-0.25, -0.2) is 0 Å². The lowest BCUT2D eigenvalue weighted by Crippen LogP contribution is -2.09. The lowest BCUT2D eigenvalue weighted by molar-refractivity contribution is 0.601. The molecule has 11 heavy (non-hydrogen) atoms. The number of hydrogen-bond acceptors (Lipinski definition) is 1. The van der Waals surface area contributed by atoms with Gasteiger partial charge < -0.3 is 0 Å². The predicted octanol–water partition coefficient (Wildman–Crippen LogP) is 4.41. The molecule has 0 unspecified atom stereocenters. The lowest BCUT2D eigenvalue weighted by atomic mass is 9.95. The Hall–Kier alpha value is 0.910. The Kier molecular flexibility index (Phi) is 3.03. The molecule has 62 valence electrons. The second kappa shape index (κ2) is 3.34. The fourth-order valence-electron chi connectivity index (χ4n) is 0.852. The van der Waals surface area contributed by atoms with E-state index in [1.807, 2.05) is 11.3 Å². The summed E-state index contributed by atoms with van der Waals surface area (Å²) in [7, 11) is 0.